The number of nitrogens with two attached hydrogens (primary N) is 1. The lowest BCUT2D eigenvalue weighted by atomic mass is 10.0. The monoisotopic (exact) mass is 363 g/mol. The van der Waals surface area contributed by atoms with Crippen LogP contribution >= 0.6 is 0 Å². The third-order valence-corrected chi connectivity index (χ3v) is 4.75. The number of carbonyl (C=O) groups is 1. The highest BCUT2D eigenvalue weighted by molar-refractivity contribution is 5.93. The van der Waals surface area contributed by atoms with Gasteiger partial charge >= 0.3 is 0 Å². The molecule has 4 heteroatoms. The first-order chi connectivity index (χ1) is 13.0. The Morgan fingerprint density at radius 2 is 1.59 bits per heavy atom. The van der Waals surface area contributed by atoms with Gasteiger partial charge < -0.3 is 15.1 Å². The number of furan rings is 1. The van der Waals surface area contributed by atoms with Crippen LogP contribution in [-0.4, -0.2) is 11.9 Å². The van der Waals surface area contributed by atoms with Crippen molar-refractivity contribution in [3.8, 4) is 0 Å². The Bertz CT molecular complexity index is 840. The standard InChI is InChI=1S/C23H26N2O2/c1-16(2)18-11-13-20(14-12-18)25-23(26)17(3)24-22(21-10-7-15-27-21)19-8-5-4-6-9-19/h4-17,22,24H,1-3H3,(H,25,26)/p+1/t17-,22-/m0/s1. The first kappa shape index (κ1) is 18.9. The summed E-state index contributed by atoms with van der Waals surface area (Å²) in [5, 5.41) is 5.04. The second-order valence-corrected chi connectivity index (χ2v) is 7.15. The Morgan fingerprint density at radius 3 is 2.19 bits per heavy atom. The van der Waals surface area contributed by atoms with E-state index in [0.717, 1.165) is 17.0 Å². The van der Waals surface area contributed by atoms with Crippen LogP contribution in [0, 0.1) is 0 Å². The van der Waals surface area contributed by atoms with Crippen molar-refractivity contribution in [1.29, 1.82) is 0 Å². The molecule has 3 N–H and O–H groups in total. The van der Waals surface area contributed by atoms with E-state index in [0.29, 0.717) is 5.92 Å². The van der Waals surface area contributed by atoms with Crippen molar-refractivity contribution in [2.24, 2.45) is 0 Å². The van der Waals surface area contributed by atoms with Gasteiger partial charge in [0.2, 0.25) is 0 Å². The second-order valence-electron chi connectivity index (χ2n) is 7.15. The zero-order valence-corrected chi connectivity index (χ0v) is 16.1. The van der Waals surface area contributed by atoms with Gasteiger partial charge in [-0.15, -0.1) is 0 Å². The largest absolute Gasteiger partial charge is 0.463 e. The minimum Gasteiger partial charge on any atom is -0.463 e. The maximum atomic E-state index is 12.7. The molecule has 1 heterocycles. The molecule has 3 rings (SSSR count). The molecule has 1 aromatic heterocycles. The van der Waals surface area contributed by atoms with Crippen LogP contribution in [0.4, 0.5) is 5.69 Å². The van der Waals surface area contributed by atoms with Gasteiger partial charge in [-0.3, -0.25) is 4.79 Å². The Balaban J connectivity index is 1.70. The van der Waals surface area contributed by atoms with Gasteiger partial charge in [0.15, 0.2) is 17.8 Å². The van der Waals surface area contributed by atoms with Gasteiger partial charge in [0, 0.05) is 11.3 Å². The molecule has 0 unspecified atom stereocenters. The van der Waals surface area contributed by atoms with Crippen LogP contribution in [0.3, 0.4) is 0 Å². The third kappa shape index (κ3) is 4.86. The highest BCUT2D eigenvalue weighted by Gasteiger charge is 2.26. The number of quaternary nitrogens is 1. The van der Waals surface area contributed by atoms with E-state index in [4.69, 9.17) is 4.42 Å². The van der Waals surface area contributed by atoms with Crippen molar-refractivity contribution in [2.75, 3.05) is 5.32 Å². The number of rotatable bonds is 7. The average molecular weight is 363 g/mol. The first-order valence-corrected chi connectivity index (χ1v) is 9.38. The van der Waals surface area contributed by atoms with E-state index in [2.05, 4.69) is 43.4 Å². The molecule has 0 saturated heterocycles. The van der Waals surface area contributed by atoms with Crippen LogP contribution in [-0.2, 0) is 4.79 Å². The van der Waals surface area contributed by atoms with Crippen LogP contribution < -0.4 is 10.6 Å². The molecule has 140 valence electrons. The summed E-state index contributed by atoms with van der Waals surface area (Å²) in [6.45, 7) is 6.22. The number of anilines is 1. The molecule has 0 aliphatic heterocycles. The van der Waals surface area contributed by atoms with Crippen molar-refractivity contribution in [3.63, 3.8) is 0 Å². The molecule has 0 aliphatic carbocycles. The molecule has 0 aliphatic rings. The van der Waals surface area contributed by atoms with Gasteiger partial charge in [0.25, 0.3) is 5.91 Å². The average Bonchev–Trinajstić information content (AvgIpc) is 3.21. The molecule has 0 saturated carbocycles. The fourth-order valence-electron chi connectivity index (χ4n) is 3.08. The Morgan fingerprint density at radius 1 is 0.889 bits per heavy atom. The predicted octanol–water partition coefficient (Wildman–Crippen LogP) is 4.08. The molecule has 27 heavy (non-hydrogen) atoms. The van der Waals surface area contributed by atoms with Crippen molar-refractivity contribution in [1.82, 2.24) is 0 Å². The zero-order chi connectivity index (χ0) is 19.2. The number of hydrogen-bond donors (Lipinski definition) is 2. The molecule has 2 aromatic carbocycles. The summed E-state index contributed by atoms with van der Waals surface area (Å²) in [5.74, 6) is 1.28. The summed E-state index contributed by atoms with van der Waals surface area (Å²) < 4.78 is 5.62. The minimum absolute atomic E-state index is 0.0280. The van der Waals surface area contributed by atoms with Crippen LogP contribution in [0.5, 0.6) is 0 Å². The van der Waals surface area contributed by atoms with Gasteiger partial charge in [-0.05, 0) is 42.7 Å². The van der Waals surface area contributed by atoms with E-state index in [9.17, 15) is 4.79 Å². The van der Waals surface area contributed by atoms with Crippen molar-refractivity contribution in [2.45, 2.75) is 38.8 Å². The molecule has 4 nitrogen and oxygen atoms in total. The number of nitrogens with one attached hydrogen (secondary N) is 1. The molecule has 2 atom stereocenters. The summed E-state index contributed by atoms with van der Waals surface area (Å²) in [6.07, 6.45) is 1.67. The SMILES string of the molecule is CC(C)c1ccc(NC(=O)[C@H](C)[NH2+][C@@H](c2ccccc2)c2ccco2)cc1. The van der Waals surface area contributed by atoms with E-state index >= 15 is 0 Å². The molecule has 1 amide bonds. The lowest BCUT2D eigenvalue weighted by molar-refractivity contribution is -0.706. The summed E-state index contributed by atoms with van der Waals surface area (Å²) in [4.78, 5) is 12.7. The van der Waals surface area contributed by atoms with Gasteiger partial charge in [-0.25, -0.2) is 0 Å². The Kier molecular flexibility index (Phi) is 6.09. The molecule has 0 spiro atoms. The first-order valence-electron chi connectivity index (χ1n) is 9.38. The normalized spacial score (nSPS) is 13.3. The van der Waals surface area contributed by atoms with Gasteiger partial charge in [0.1, 0.15) is 0 Å². The molecule has 0 radical (unpaired) electrons. The Hall–Kier alpha value is -2.85. The number of benzene rings is 2. The van der Waals surface area contributed by atoms with Crippen LogP contribution in [0.2, 0.25) is 0 Å². The smallest absolute Gasteiger partial charge is 0.282 e. The van der Waals surface area contributed by atoms with Crippen molar-refractivity contribution >= 4 is 11.6 Å². The molecular formula is C23H27N2O2+. The maximum Gasteiger partial charge on any atom is 0.282 e. The highest BCUT2D eigenvalue weighted by Crippen LogP contribution is 2.19. The van der Waals surface area contributed by atoms with Gasteiger partial charge in [-0.2, -0.15) is 0 Å². The van der Waals surface area contributed by atoms with Gasteiger partial charge in [0.05, 0.1) is 6.26 Å². The molecule has 0 bridgehead atoms. The van der Waals surface area contributed by atoms with E-state index in [1.54, 1.807) is 6.26 Å². The fraction of sp³-hybridized carbons (Fsp3) is 0.261. The van der Waals surface area contributed by atoms with Crippen LogP contribution in [0.1, 0.15) is 49.6 Å². The molecule has 3 aromatic rings. The van der Waals surface area contributed by atoms with E-state index in [1.165, 1.54) is 5.56 Å². The molecular weight excluding hydrogens is 336 g/mol. The maximum absolute atomic E-state index is 12.7. The van der Waals surface area contributed by atoms with E-state index in [-0.39, 0.29) is 18.0 Å². The minimum atomic E-state index is -0.273. The second kappa shape index (κ2) is 8.69. The number of amides is 1. The number of carbonyl (C=O) groups excluding carboxylic acids is 1. The Labute approximate surface area is 160 Å². The summed E-state index contributed by atoms with van der Waals surface area (Å²) in [5.41, 5.74) is 3.18. The quantitative estimate of drug-likeness (QED) is 0.664. The zero-order valence-electron chi connectivity index (χ0n) is 16.1. The summed E-state index contributed by atoms with van der Waals surface area (Å²) in [6, 6.07) is 21.6. The van der Waals surface area contributed by atoms with Crippen molar-refractivity contribution < 1.29 is 14.5 Å². The topological polar surface area (TPSA) is 58.9 Å². The predicted molar refractivity (Wildman–Crippen MR) is 108 cm³/mol. The molecule has 0 fully saturated rings. The van der Waals surface area contributed by atoms with E-state index in [1.807, 2.05) is 54.7 Å². The van der Waals surface area contributed by atoms with Crippen LogP contribution in [0.25, 0.3) is 0 Å². The lowest BCUT2D eigenvalue weighted by Crippen LogP contribution is -2.92. The van der Waals surface area contributed by atoms with Crippen molar-refractivity contribution in [3.05, 3.63) is 89.9 Å². The fourth-order valence-corrected chi connectivity index (χ4v) is 3.08. The summed E-state index contributed by atoms with van der Waals surface area (Å²) in [7, 11) is 0. The number of hydrogen-bond acceptors (Lipinski definition) is 2. The third-order valence-electron chi connectivity index (χ3n) is 4.75. The highest BCUT2D eigenvalue weighted by atomic mass is 16.3. The summed E-state index contributed by atoms with van der Waals surface area (Å²) >= 11 is 0. The van der Waals surface area contributed by atoms with E-state index < -0.39 is 0 Å². The van der Waals surface area contributed by atoms with Crippen LogP contribution in [0.15, 0.2) is 77.4 Å². The van der Waals surface area contributed by atoms with Gasteiger partial charge in [-0.1, -0.05) is 56.3 Å². The lowest BCUT2D eigenvalue weighted by Gasteiger charge is -2.19.